The van der Waals surface area contributed by atoms with Gasteiger partial charge in [-0.1, -0.05) is 12.1 Å². The summed E-state index contributed by atoms with van der Waals surface area (Å²) >= 11 is 0. The number of amides is 1. The number of nitrogens with one attached hydrogen (secondary N) is 1. The van der Waals surface area contributed by atoms with Gasteiger partial charge < -0.3 is 29.3 Å². The summed E-state index contributed by atoms with van der Waals surface area (Å²) in [6, 6.07) is 8.61. The van der Waals surface area contributed by atoms with Crippen molar-refractivity contribution < 1.29 is 19.0 Å². The number of benzene rings is 1. The Bertz CT molecular complexity index is 834. The number of nitrogens with zero attached hydrogens (tertiary/aromatic N) is 3. The van der Waals surface area contributed by atoms with Crippen LogP contribution in [0.1, 0.15) is 39.2 Å². The van der Waals surface area contributed by atoms with Gasteiger partial charge >= 0.3 is 6.09 Å². The number of fused-ring (bicyclic) bond motifs is 1. The molecule has 0 saturated carbocycles. The van der Waals surface area contributed by atoms with Crippen LogP contribution in [0.4, 0.5) is 4.79 Å². The minimum absolute atomic E-state index is 0. The molecule has 1 amide bonds. The van der Waals surface area contributed by atoms with Crippen molar-refractivity contribution in [2.45, 2.75) is 50.7 Å². The molecule has 0 bridgehead atoms. The summed E-state index contributed by atoms with van der Waals surface area (Å²) in [6.07, 6.45) is 1.70. The molecular weight excluding hydrogens is 535 g/mol. The molecule has 1 aromatic rings. The minimum atomic E-state index is -0.480. The Morgan fingerprint density at radius 3 is 2.55 bits per heavy atom. The number of halogens is 1. The summed E-state index contributed by atoms with van der Waals surface area (Å²) in [4.78, 5) is 21.4. The van der Waals surface area contributed by atoms with Crippen molar-refractivity contribution in [3.8, 4) is 5.75 Å². The van der Waals surface area contributed by atoms with Crippen LogP contribution in [0.2, 0.25) is 0 Å². The van der Waals surface area contributed by atoms with Gasteiger partial charge in [-0.15, -0.1) is 24.0 Å². The summed E-state index contributed by atoms with van der Waals surface area (Å²) in [5.74, 6) is 1.81. The summed E-state index contributed by atoms with van der Waals surface area (Å²) in [5.41, 5.74) is 0.828. The Morgan fingerprint density at radius 2 is 1.91 bits per heavy atom. The number of aliphatic imine (C=N–C) groups is 1. The van der Waals surface area contributed by atoms with E-state index in [1.165, 1.54) is 5.56 Å². The Balaban J connectivity index is 0.00000306. The van der Waals surface area contributed by atoms with Gasteiger partial charge in [-0.2, -0.15) is 0 Å². The number of carbonyl (C=O) groups is 1. The van der Waals surface area contributed by atoms with Gasteiger partial charge in [0.25, 0.3) is 0 Å². The second-order valence-electron chi connectivity index (χ2n) is 9.91. The first-order valence-corrected chi connectivity index (χ1v) is 11.5. The van der Waals surface area contributed by atoms with E-state index in [4.69, 9.17) is 19.2 Å². The normalized spacial score (nSPS) is 22.1. The fourth-order valence-electron chi connectivity index (χ4n) is 4.75. The van der Waals surface area contributed by atoms with Crippen LogP contribution >= 0.6 is 24.0 Å². The number of hydrogen-bond donors (Lipinski definition) is 1. The summed E-state index contributed by atoms with van der Waals surface area (Å²) in [6.45, 7) is 10.8. The zero-order valence-corrected chi connectivity index (χ0v) is 22.5. The van der Waals surface area contributed by atoms with Gasteiger partial charge in [0.2, 0.25) is 0 Å². The summed E-state index contributed by atoms with van der Waals surface area (Å²) < 4.78 is 16.6. The lowest BCUT2D eigenvalue weighted by Crippen LogP contribution is -2.58. The monoisotopic (exact) mass is 572 g/mol. The maximum Gasteiger partial charge on any atom is 0.410 e. The zero-order valence-electron chi connectivity index (χ0n) is 20.1. The fourth-order valence-corrected chi connectivity index (χ4v) is 4.75. The first-order chi connectivity index (χ1) is 15.3. The van der Waals surface area contributed by atoms with Crippen LogP contribution in [0.15, 0.2) is 29.3 Å². The highest BCUT2D eigenvalue weighted by Gasteiger charge is 2.39. The molecule has 1 aromatic carbocycles. The van der Waals surface area contributed by atoms with Crippen LogP contribution in [0.25, 0.3) is 0 Å². The number of carbonyl (C=O) groups excluding carboxylic acids is 1. The first-order valence-electron chi connectivity index (χ1n) is 11.5. The zero-order chi connectivity index (χ0) is 22.8. The lowest BCUT2D eigenvalue weighted by Gasteiger charge is -2.41. The van der Waals surface area contributed by atoms with Gasteiger partial charge in [0.15, 0.2) is 5.96 Å². The van der Waals surface area contributed by atoms with Crippen molar-refractivity contribution in [1.82, 2.24) is 15.1 Å². The smallest absolute Gasteiger partial charge is 0.410 e. The molecule has 2 saturated heterocycles. The van der Waals surface area contributed by atoms with Crippen molar-refractivity contribution >= 4 is 36.0 Å². The predicted molar refractivity (Wildman–Crippen MR) is 139 cm³/mol. The Labute approximate surface area is 214 Å². The lowest BCUT2D eigenvalue weighted by atomic mass is 9.74. The van der Waals surface area contributed by atoms with Crippen molar-refractivity contribution in [2.75, 3.05) is 53.0 Å². The molecule has 1 N–H and O–H groups in total. The van der Waals surface area contributed by atoms with Crippen molar-refractivity contribution in [3.05, 3.63) is 29.8 Å². The topological polar surface area (TPSA) is 75.6 Å². The van der Waals surface area contributed by atoms with Crippen LogP contribution in [-0.4, -0.2) is 86.5 Å². The second-order valence-corrected chi connectivity index (χ2v) is 9.91. The predicted octanol–water partition coefficient (Wildman–Crippen LogP) is 3.24. The summed E-state index contributed by atoms with van der Waals surface area (Å²) in [5, 5.41) is 3.66. The van der Waals surface area contributed by atoms with Gasteiger partial charge in [-0.05, 0) is 51.3 Å². The maximum absolute atomic E-state index is 12.5. The van der Waals surface area contributed by atoms with Gasteiger partial charge in [-0.3, -0.25) is 4.99 Å². The molecule has 0 aromatic heterocycles. The van der Waals surface area contributed by atoms with Crippen LogP contribution < -0.4 is 10.1 Å². The van der Waals surface area contributed by atoms with E-state index in [-0.39, 0.29) is 41.5 Å². The Hall–Kier alpha value is -1.75. The molecule has 0 aliphatic carbocycles. The Morgan fingerprint density at radius 1 is 1.21 bits per heavy atom. The van der Waals surface area contributed by atoms with E-state index in [1.54, 1.807) is 7.11 Å². The quantitative estimate of drug-likeness (QED) is 0.559. The molecule has 9 heteroatoms. The number of rotatable bonds is 4. The van der Waals surface area contributed by atoms with Crippen molar-refractivity contribution in [1.29, 1.82) is 0 Å². The fraction of sp³-hybridized carbons (Fsp3) is 0.667. The number of guanidine groups is 1. The van der Waals surface area contributed by atoms with Gasteiger partial charge in [0, 0.05) is 44.8 Å². The third-order valence-corrected chi connectivity index (χ3v) is 6.60. The molecule has 2 fully saturated rings. The van der Waals surface area contributed by atoms with E-state index < -0.39 is 5.60 Å². The molecule has 0 spiro atoms. The van der Waals surface area contributed by atoms with E-state index in [1.807, 2.05) is 37.8 Å². The third kappa shape index (κ3) is 6.03. The molecule has 0 radical (unpaired) electrons. The lowest BCUT2D eigenvalue weighted by molar-refractivity contribution is 0.0136. The molecule has 33 heavy (non-hydrogen) atoms. The molecule has 1 atom stereocenters. The minimum Gasteiger partial charge on any atom is -0.497 e. The molecule has 4 rings (SSSR count). The van der Waals surface area contributed by atoms with Gasteiger partial charge in [0.05, 0.1) is 19.7 Å². The molecule has 1 unspecified atom stereocenters. The van der Waals surface area contributed by atoms with Gasteiger partial charge in [-0.25, -0.2) is 4.79 Å². The molecule has 184 valence electrons. The third-order valence-electron chi connectivity index (χ3n) is 6.60. The van der Waals surface area contributed by atoms with Crippen LogP contribution in [-0.2, 0) is 14.9 Å². The summed E-state index contributed by atoms with van der Waals surface area (Å²) in [7, 11) is 1.69. The molecule has 3 aliphatic heterocycles. The standard InChI is InChI=1S/C24H36N4O4.HI/c1-23(2,3)32-22(29)27-11-12-28-19(16-27)15-25-21(28)26-17-24(9-13-31-14-10-24)18-5-7-20(30-4)8-6-18;/h5-8,19H,9-17H2,1-4H3,(H,25,26);1H. The van der Waals surface area contributed by atoms with Crippen molar-refractivity contribution in [2.24, 2.45) is 4.99 Å². The van der Waals surface area contributed by atoms with E-state index >= 15 is 0 Å². The molecule has 3 aliphatic rings. The van der Waals surface area contributed by atoms with E-state index in [9.17, 15) is 4.79 Å². The van der Waals surface area contributed by atoms with Crippen LogP contribution in [0.5, 0.6) is 5.75 Å². The van der Waals surface area contributed by atoms with Crippen LogP contribution in [0, 0.1) is 0 Å². The number of methoxy groups -OCH3 is 1. The second kappa shape index (κ2) is 10.7. The SMILES string of the molecule is COc1ccc(C2(CNC3=NCC4CN(C(=O)OC(C)(C)C)CCN34)CCOCC2)cc1.I. The largest absolute Gasteiger partial charge is 0.497 e. The number of piperazine rings is 1. The van der Waals surface area contributed by atoms with Gasteiger partial charge in [0.1, 0.15) is 11.4 Å². The highest BCUT2D eigenvalue weighted by atomic mass is 127. The number of ether oxygens (including phenoxy) is 3. The first kappa shape index (κ1) is 25.9. The van der Waals surface area contributed by atoms with E-state index in [0.29, 0.717) is 19.6 Å². The molecule has 3 heterocycles. The highest BCUT2D eigenvalue weighted by Crippen LogP contribution is 2.35. The van der Waals surface area contributed by atoms with Crippen molar-refractivity contribution in [3.63, 3.8) is 0 Å². The van der Waals surface area contributed by atoms with E-state index in [2.05, 4.69) is 22.3 Å². The van der Waals surface area contributed by atoms with Crippen LogP contribution in [0.3, 0.4) is 0 Å². The highest BCUT2D eigenvalue weighted by molar-refractivity contribution is 14.0. The average molecular weight is 572 g/mol. The molecule has 8 nitrogen and oxygen atoms in total. The Kier molecular flexibility index (Phi) is 8.36. The van der Waals surface area contributed by atoms with E-state index in [0.717, 1.165) is 50.9 Å². The molecular formula is C24H37IN4O4. The average Bonchev–Trinajstić information content (AvgIpc) is 3.19. The maximum atomic E-state index is 12.5. The number of hydrogen-bond acceptors (Lipinski definition) is 7.